The predicted octanol–water partition coefficient (Wildman–Crippen LogP) is 3.42. The van der Waals surface area contributed by atoms with E-state index in [1.165, 1.54) is 0 Å². The number of ether oxygens (including phenoxy) is 2. The van der Waals surface area contributed by atoms with Crippen molar-refractivity contribution in [3.8, 4) is 0 Å². The van der Waals surface area contributed by atoms with Crippen LogP contribution >= 0.6 is 11.8 Å². The Morgan fingerprint density at radius 3 is 2.59 bits per heavy atom. The maximum Gasteiger partial charge on any atom is 0.211 e. The molecule has 1 aliphatic carbocycles. The number of carbonyl (C=O) groups excluding carboxylic acids is 1. The van der Waals surface area contributed by atoms with Gasteiger partial charge in [-0.1, -0.05) is 24.6 Å². The molecule has 2 unspecified atom stereocenters. The van der Waals surface area contributed by atoms with Gasteiger partial charge in [0.2, 0.25) is 5.79 Å². The lowest BCUT2D eigenvalue weighted by atomic mass is 9.75. The van der Waals surface area contributed by atoms with Crippen LogP contribution in [0.4, 0.5) is 0 Å². The van der Waals surface area contributed by atoms with Gasteiger partial charge in [0, 0.05) is 23.9 Å². The van der Waals surface area contributed by atoms with Crippen LogP contribution in [0.25, 0.3) is 0 Å². The highest BCUT2D eigenvalue weighted by Crippen LogP contribution is 2.53. The molecule has 5 nitrogen and oxygen atoms in total. The third kappa shape index (κ3) is 2.88. The highest BCUT2D eigenvalue weighted by atomic mass is 32.2. The third-order valence-corrected chi connectivity index (χ3v) is 7.84. The first-order valence-corrected chi connectivity index (χ1v) is 11.0. The van der Waals surface area contributed by atoms with Gasteiger partial charge in [-0.05, 0) is 38.8 Å². The maximum absolute atomic E-state index is 13.2. The number of piperidine rings is 1. The zero-order valence-electron chi connectivity index (χ0n) is 15.9. The van der Waals surface area contributed by atoms with E-state index >= 15 is 0 Å². The molecule has 1 saturated carbocycles. The number of hydroxylamine groups is 2. The lowest BCUT2D eigenvalue weighted by molar-refractivity contribution is -0.289. The van der Waals surface area contributed by atoms with E-state index in [9.17, 15) is 4.79 Å². The van der Waals surface area contributed by atoms with Crippen molar-refractivity contribution in [2.24, 2.45) is 5.92 Å². The summed E-state index contributed by atoms with van der Waals surface area (Å²) >= 11 is 1.68. The van der Waals surface area contributed by atoms with Crippen molar-refractivity contribution in [2.75, 3.05) is 6.54 Å². The molecule has 3 saturated heterocycles. The van der Waals surface area contributed by atoms with Crippen LogP contribution in [-0.2, 0) is 19.1 Å². The Labute approximate surface area is 164 Å². The molecule has 0 amide bonds. The fourth-order valence-electron chi connectivity index (χ4n) is 5.06. The van der Waals surface area contributed by atoms with E-state index in [0.29, 0.717) is 12.2 Å². The van der Waals surface area contributed by atoms with Gasteiger partial charge < -0.3 is 9.47 Å². The van der Waals surface area contributed by atoms with Gasteiger partial charge in [-0.2, -0.15) is 5.06 Å². The zero-order chi connectivity index (χ0) is 18.6. The number of ketones is 1. The summed E-state index contributed by atoms with van der Waals surface area (Å²) in [4.78, 5) is 20.7. The van der Waals surface area contributed by atoms with Crippen molar-refractivity contribution < 1.29 is 19.1 Å². The first-order valence-electron chi connectivity index (χ1n) is 10.1. The van der Waals surface area contributed by atoms with Crippen molar-refractivity contribution in [1.82, 2.24) is 5.06 Å². The van der Waals surface area contributed by atoms with Crippen LogP contribution in [0.5, 0.6) is 0 Å². The Bertz CT molecular complexity index is 703. The summed E-state index contributed by atoms with van der Waals surface area (Å²) in [6.07, 6.45) is 3.38. The molecule has 6 atom stereocenters. The van der Waals surface area contributed by atoms with Crippen LogP contribution in [0.15, 0.2) is 35.2 Å². The summed E-state index contributed by atoms with van der Waals surface area (Å²) in [5.74, 6) is -0.710. The molecule has 0 aromatic heterocycles. The molecule has 4 aliphatic rings. The van der Waals surface area contributed by atoms with Crippen LogP contribution in [0, 0.1) is 5.92 Å². The van der Waals surface area contributed by atoms with Gasteiger partial charge in [0.1, 0.15) is 11.9 Å². The molecule has 3 heterocycles. The molecule has 1 aromatic rings. The van der Waals surface area contributed by atoms with Crippen LogP contribution in [-0.4, -0.2) is 52.8 Å². The molecule has 1 spiro atoms. The Morgan fingerprint density at radius 1 is 1.11 bits per heavy atom. The van der Waals surface area contributed by atoms with Crippen LogP contribution < -0.4 is 0 Å². The summed E-state index contributed by atoms with van der Waals surface area (Å²) < 4.78 is 13.0. The maximum atomic E-state index is 13.2. The summed E-state index contributed by atoms with van der Waals surface area (Å²) in [6, 6.07) is 10.4. The van der Waals surface area contributed by atoms with Crippen molar-refractivity contribution >= 4 is 17.5 Å². The number of rotatable bonds is 2. The van der Waals surface area contributed by atoms with E-state index in [1.54, 1.807) is 11.8 Å². The Kier molecular flexibility index (Phi) is 4.60. The largest absolute Gasteiger partial charge is 0.341 e. The third-order valence-electron chi connectivity index (χ3n) is 6.51. The first kappa shape index (κ1) is 18.1. The minimum atomic E-state index is -0.866. The molecule has 1 aromatic carbocycles. The number of carbonyl (C=O) groups is 1. The molecule has 0 radical (unpaired) electrons. The quantitative estimate of drug-likeness (QED) is 0.772. The van der Waals surface area contributed by atoms with E-state index in [-0.39, 0.29) is 35.5 Å². The normalized spacial score (nSPS) is 44.4. The molecule has 0 bridgehead atoms. The SMILES string of the molecule is CC1OC2(OC1C)[C@H](Sc1ccccc1)CC(=O)[C@@H]1[C@H]3CCCCN3O[C@@H]12. The molecule has 3 aliphatic heterocycles. The number of thioether (sulfide) groups is 1. The summed E-state index contributed by atoms with van der Waals surface area (Å²) in [5, 5.41) is 1.94. The average Bonchev–Trinajstić information content (AvgIpc) is 3.20. The lowest BCUT2D eigenvalue weighted by Crippen LogP contribution is -2.61. The van der Waals surface area contributed by atoms with E-state index in [4.69, 9.17) is 14.3 Å². The lowest BCUT2D eigenvalue weighted by Gasteiger charge is -2.44. The second-order valence-electron chi connectivity index (χ2n) is 8.21. The predicted molar refractivity (Wildman–Crippen MR) is 102 cm³/mol. The minimum Gasteiger partial charge on any atom is -0.341 e. The van der Waals surface area contributed by atoms with Crippen LogP contribution in [0.2, 0.25) is 0 Å². The average molecular weight is 390 g/mol. The van der Waals surface area contributed by atoms with E-state index in [1.807, 2.05) is 18.2 Å². The number of nitrogens with zero attached hydrogens (tertiary/aromatic N) is 1. The van der Waals surface area contributed by atoms with E-state index in [0.717, 1.165) is 30.7 Å². The summed E-state index contributed by atoms with van der Waals surface area (Å²) in [6.45, 7) is 5.00. The van der Waals surface area contributed by atoms with Gasteiger partial charge in [0.15, 0.2) is 0 Å². The second-order valence-corrected chi connectivity index (χ2v) is 9.49. The van der Waals surface area contributed by atoms with Crippen molar-refractivity contribution in [3.05, 3.63) is 30.3 Å². The minimum absolute atomic E-state index is 0.0149. The van der Waals surface area contributed by atoms with Crippen LogP contribution in [0.3, 0.4) is 0 Å². The Hall–Kier alpha value is -0.920. The highest BCUT2D eigenvalue weighted by molar-refractivity contribution is 8.00. The Balaban J connectivity index is 1.52. The Morgan fingerprint density at radius 2 is 1.85 bits per heavy atom. The highest BCUT2D eigenvalue weighted by Gasteiger charge is 2.67. The standard InChI is InChI=1S/C21H27NO4S/c1-13-14(2)25-21(24-13)18(27-15-8-4-3-5-9-15)12-17(23)19-16-10-6-7-11-22(16)26-20(19)21/h3-5,8-9,13-14,16,18-20H,6-7,10-12H2,1-2H3/t13?,14?,16-,18-,19+,20+,21?/m1/s1. The molecule has 5 rings (SSSR count). The van der Waals surface area contributed by atoms with E-state index in [2.05, 4.69) is 31.0 Å². The summed E-state index contributed by atoms with van der Waals surface area (Å²) in [7, 11) is 0. The molecule has 146 valence electrons. The number of hydrogen-bond acceptors (Lipinski definition) is 6. The summed E-state index contributed by atoms with van der Waals surface area (Å²) in [5.41, 5.74) is 0. The monoisotopic (exact) mass is 389 g/mol. The van der Waals surface area contributed by atoms with Crippen LogP contribution in [0.1, 0.15) is 39.5 Å². The van der Waals surface area contributed by atoms with Gasteiger partial charge in [-0.25, -0.2) is 0 Å². The fraction of sp³-hybridized carbons (Fsp3) is 0.667. The number of benzene rings is 1. The second kappa shape index (κ2) is 6.85. The zero-order valence-corrected chi connectivity index (χ0v) is 16.7. The molecule has 27 heavy (non-hydrogen) atoms. The first-order chi connectivity index (χ1) is 13.1. The van der Waals surface area contributed by atoms with Gasteiger partial charge in [0.25, 0.3) is 0 Å². The van der Waals surface area contributed by atoms with Crippen molar-refractivity contribution in [2.45, 2.75) is 79.8 Å². The van der Waals surface area contributed by atoms with E-state index < -0.39 is 5.79 Å². The van der Waals surface area contributed by atoms with Crippen molar-refractivity contribution in [1.29, 1.82) is 0 Å². The van der Waals surface area contributed by atoms with Gasteiger partial charge in [-0.3, -0.25) is 9.63 Å². The number of hydrogen-bond donors (Lipinski definition) is 0. The van der Waals surface area contributed by atoms with Crippen molar-refractivity contribution in [3.63, 3.8) is 0 Å². The number of fused-ring (bicyclic) bond motifs is 4. The molecule has 4 fully saturated rings. The van der Waals surface area contributed by atoms with Gasteiger partial charge in [-0.15, -0.1) is 11.8 Å². The van der Waals surface area contributed by atoms with Gasteiger partial charge >= 0.3 is 0 Å². The molecule has 0 N–H and O–H groups in total. The smallest absolute Gasteiger partial charge is 0.211 e. The molecular formula is C21H27NO4S. The number of Topliss-reactive ketones (excluding diaryl/α,β-unsaturated/α-hetero) is 1. The molecule has 6 heteroatoms. The van der Waals surface area contributed by atoms with Gasteiger partial charge in [0.05, 0.1) is 23.4 Å². The fourth-order valence-corrected chi connectivity index (χ4v) is 6.36. The molecular weight excluding hydrogens is 362 g/mol. The topological polar surface area (TPSA) is 48.0 Å².